The Kier molecular flexibility index (Phi) is 4.16. The molecule has 0 N–H and O–H groups in total. The Balaban J connectivity index is 1.99. The highest BCUT2D eigenvalue weighted by Gasteiger charge is 2.21. The molecule has 1 aliphatic rings. The quantitative estimate of drug-likeness (QED) is 0.756. The third kappa shape index (κ3) is 2.94. The molecule has 88 valence electrons. The summed E-state index contributed by atoms with van der Waals surface area (Å²) in [6.45, 7) is 3.12. The minimum absolute atomic E-state index is 0.195. The van der Waals surface area contributed by atoms with E-state index in [2.05, 4.69) is 4.90 Å². The molecule has 0 aliphatic carbocycles. The summed E-state index contributed by atoms with van der Waals surface area (Å²) in [5, 5.41) is 0. The van der Waals surface area contributed by atoms with Crippen molar-refractivity contribution in [3.63, 3.8) is 0 Å². The van der Waals surface area contributed by atoms with Crippen molar-refractivity contribution in [3.05, 3.63) is 35.6 Å². The summed E-state index contributed by atoms with van der Waals surface area (Å²) in [4.78, 5) is 2.28. The van der Waals surface area contributed by atoms with Crippen LogP contribution in [0.15, 0.2) is 24.3 Å². The molecule has 16 heavy (non-hydrogen) atoms. The van der Waals surface area contributed by atoms with E-state index in [1.807, 2.05) is 12.1 Å². The van der Waals surface area contributed by atoms with Crippen LogP contribution < -0.4 is 0 Å². The summed E-state index contributed by atoms with van der Waals surface area (Å²) < 4.78 is 18.1. The minimum atomic E-state index is -0.195. The standard InChI is InChI=1S/C12H15ClFNO/c13-7-12-9-16-6-5-15(12)8-10-1-3-11(14)4-2-10/h1-4,12H,5-9H2. The van der Waals surface area contributed by atoms with Gasteiger partial charge in [-0.25, -0.2) is 4.39 Å². The van der Waals surface area contributed by atoms with E-state index in [0.717, 1.165) is 25.3 Å². The van der Waals surface area contributed by atoms with E-state index in [4.69, 9.17) is 16.3 Å². The lowest BCUT2D eigenvalue weighted by Gasteiger charge is -2.34. The fourth-order valence-electron chi connectivity index (χ4n) is 1.86. The Hall–Kier alpha value is -0.640. The molecule has 1 saturated heterocycles. The zero-order valence-corrected chi connectivity index (χ0v) is 9.79. The van der Waals surface area contributed by atoms with Gasteiger partial charge in [-0.15, -0.1) is 11.6 Å². The van der Waals surface area contributed by atoms with E-state index in [1.54, 1.807) is 0 Å². The van der Waals surface area contributed by atoms with Gasteiger partial charge in [0.25, 0.3) is 0 Å². The van der Waals surface area contributed by atoms with Crippen molar-refractivity contribution in [2.24, 2.45) is 0 Å². The zero-order chi connectivity index (χ0) is 11.4. The molecule has 1 heterocycles. The SMILES string of the molecule is Fc1ccc(CN2CCOCC2CCl)cc1. The van der Waals surface area contributed by atoms with Gasteiger partial charge < -0.3 is 4.74 Å². The third-order valence-electron chi connectivity index (χ3n) is 2.83. The molecule has 0 spiro atoms. The Bertz CT molecular complexity index is 330. The number of hydrogen-bond donors (Lipinski definition) is 0. The van der Waals surface area contributed by atoms with Gasteiger partial charge in [-0.3, -0.25) is 4.90 Å². The van der Waals surface area contributed by atoms with Crippen molar-refractivity contribution in [2.75, 3.05) is 25.6 Å². The first-order valence-electron chi connectivity index (χ1n) is 5.42. The maximum atomic E-state index is 12.8. The summed E-state index contributed by atoms with van der Waals surface area (Å²) >= 11 is 5.88. The van der Waals surface area contributed by atoms with Crippen LogP contribution in [-0.2, 0) is 11.3 Å². The molecule has 0 radical (unpaired) electrons. The summed E-state index contributed by atoms with van der Waals surface area (Å²) in [6.07, 6.45) is 0. The summed E-state index contributed by atoms with van der Waals surface area (Å²) in [5.41, 5.74) is 1.11. The highest BCUT2D eigenvalue weighted by atomic mass is 35.5. The smallest absolute Gasteiger partial charge is 0.123 e. The van der Waals surface area contributed by atoms with E-state index < -0.39 is 0 Å². The van der Waals surface area contributed by atoms with Gasteiger partial charge in [-0.05, 0) is 17.7 Å². The van der Waals surface area contributed by atoms with E-state index in [1.165, 1.54) is 12.1 Å². The van der Waals surface area contributed by atoms with Gasteiger partial charge >= 0.3 is 0 Å². The van der Waals surface area contributed by atoms with E-state index in [-0.39, 0.29) is 11.9 Å². The molecule has 1 aromatic rings. The third-order valence-corrected chi connectivity index (χ3v) is 3.18. The monoisotopic (exact) mass is 243 g/mol. The lowest BCUT2D eigenvalue weighted by atomic mass is 10.1. The number of rotatable bonds is 3. The predicted octanol–water partition coefficient (Wildman–Crippen LogP) is 2.27. The second-order valence-electron chi connectivity index (χ2n) is 3.98. The van der Waals surface area contributed by atoms with E-state index in [9.17, 15) is 4.39 Å². The van der Waals surface area contributed by atoms with Crippen LogP contribution in [0.25, 0.3) is 0 Å². The molecule has 1 fully saturated rings. The second kappa shape index (κ2) is 5.62. The van der Waals surface area contributed by atoms with Crippen LogP contribution in [0.3, 0.4) is 0 Å². The van der Waals surface area contributed by atoms with Crippen LogP contribution >= 0.6 is 11.6 Å². The molecule has 0 aromatic heterocycles. The van der Waals surface area contributed by atoms with Gasteiger partial charge in [-0.1, -0.05) is 12.1 Å². The van der Waals surface area contributed by atoms with Crippen LogP contribution in [0, 0.1) is 5.82 Å². The molecular weight excluding hydrogens is 229 g/mol. The molecule has 1 aliphatic heterocycles. The lowest BCUT2D eigenvalue weighted by Crippen LogP contribution is -2.45. The van der Waals surface area contributed by atoms with Gasteiger partial charge in [0, 0.05) is 25.0 Å². The van der Waals surface area contributed by atoms with Crippen LogP contribution in [0.5, 0.6) is 0 Å². The van der Waals surface area contributed by atoms with Crippen molar-refractivity contribution in [2.45, 2.75) is 12.6 Å². The Morgan fingerprint density at radius 1 is 1.38 bits per heavy atom. The zero-order valence-electron chi connectivity index (χ0n) is 9.03. The first kappa shape index (κ1) is 11.8. The summed E-state index contributed by atoms with van der Waals surface area (Å²) in [7, 11) is 0. The molecule has 4 heteroatoms. The number of nitrogens with zero attached hydrogens (tertiary/aromatic N) is 1. The van der Waals surface area contributed by atoms with Crippen molar-refractivity contribution in [1.82, 2.24) is 4.90 Å². The number of alkyl halides is 1. The Morgan fingerprint density at radius 3 is 2.81 bits per heavy atom. The van der Waals surface area contributed by atoms with Crippen molar-refractivity contribution in [3.8, 4) is 0 Å². The fourth-order valence-corrected chi connectivity index (χ4v) is 2.15. The highest BCUT2D eigenvalue weighted by Crippen LogP contribution is 2.13. The molecule has 2 rings (SSSR count). The minimum Gasteiger partial charge on any atom is -0.378 e. The normalized spacial score (nSPS) is 22.2. The molecule has 1 atom stereocenters. The average molecular weight is 244 g/mol. The number of benzene rings is 1. The second-order valence-corrected chi connectivity index (χ2v) is 4.29. The van der Waals surface area contributed by atoms with E-state index in [0.29, 0.717) is 12.5 Å². The highest BCUT2D eigenvalue weighted by molar-refractivity contribution is 6.18. The van der Waals surface area contributed by atoms with Crippen molar-refractivity contribution >= 4 is 11.6 Å². The largest absolute Gasteiger partial charge is 0.378 e. The summed E-state index contributed by atoms with van der Waals surface area (Å²) in [6, 6.07) is 6.88. The van der Waals surface area contributed by atoms with Crippen molar-refractivity contribution in [1.29, 1.82) is 0 Å². The average Bonchev–Trinajstić information content (AvgIpc) is 2.33. The number of ether oxygens (including phenoxy) is 1. The molecular formula is C12H15ClFNO. The molecule has 0 amide bonds. The molecule has 0 saturated carbocycles. The van der Waals surface area contributed by atoms with Gasteiger partial charge in [-0.2, -0.15) is 0 Å². The predicted molar refractivity (Wildman–Crippen MR) is 62.1 cm³/mol. The van der Waals surface area contributed by atoms with Gasteiger partial charge in [0.2, 0.25) is 0 Å². The number of halogens is 2. The summed E-state index contributed by atoms with van der Waals surface area (Å²) in [5.74, 6) is 0.376. The number of hydrogen-bond acceptors (Lipinski definition) is 2. The van der Waals surface area contributed by atoms with Crippen molar-refractivity contribution < 1.29 is 9.13 Å². The number of morpholine rings is 1. The van der Waals surface area contributed by atoms with Crippen LogP contribution in [0.1, 0.15) is 5.56 Å². The van der Waals surface area contributed by atoms with Crippen LogP contribution in [0.2, 0.25) is 0 Å². The topological polar surface area (TPSA) is 12.5 Å². The maximum Gasteiger partial charge on any atom is 0.123 e. The molecule has 2 nitrogen and oxygen atoms in total. The first-order valence-corrected chi connectivity index (χ1v) is 5.95. The van der Waals surface area contributed by atoms with Crippen LogP contribution in [-0.4, -0.2) is 36.6 Å². The van der Waals surface area contributed by atoms with Gasteiger partial charge in [0.05, 0.1) is 13.2 Å². The van der Waals surface area contributed by atoms with Gasteiger partial charge in [0.15, 0.2) is 0 Å². The Labute approximate surface area is 100.0 Å². The van der Waals surface area contributed by atoms with Gasteiger partial charge in [0.1, 0.15) is 5.82 Å². The first-order chi connectivity index (χ1) is 7.79. The maximum absolute atomic E-state index is 12.8. The van der Waals surface area contributed by atoms with E-state index >= 15 is 0 Å². The van der Waals surface area contributed by atoms with Crippen LogP contribution in [0.4, 0.5) is 4.39 Å². The lowest BCUT2D eigenvalue weighted by molar-refractivity contribution is -0.00304. The Morgan fingerprint density at radius 2 is 2.12 bits per heavy atom. The molecule has 1 unspecified atom stereocenters. The molecule has 0 bridgehead atoms. The fraction of sp³-hybridized carbons (Fsp3) is 0.500. The molecule has 1 aromatic carbocycles.